The number of rotatable bonds is 4. The smallest absolute Gasteiger partial charge is 0.256 e. The molecule has 0 bridgehead atoms. The predicted molar refractivity (Wildman–Crippen MR) is 112 cm³/mol. The number of amides is 2. The molecule has 0 aliphatic carbocycles. The van der Waals surface area contributed by atoms with Crippen LogP contribution in [0.1, 0.15) is 28.2 Å². The van der Waals surface area contributed by atoms with Gasteiger partial charge in [-0.15, -0.1) is 11.3 Å². The van der Waals surface area contributed by atoms with Gasteiger partial charge in [-0.2, -0.15) is 0 Å². The number of hydrogen-bond acceptors (Lipinski definition) is 5. The molecule has 0 atom stereocenters. The second-order valence-electron chi connectivity index (χ2n) is 7.24. The maximum atomic E-state index is 13.9. The van der Waals surface area contributed by atoms with Crippen LogP contribution in [0.25, 0.3) is 10.8 Å². The van der Waals surface area contributed by atoms with Crippen molar-refractivity contribution in [1.29, 1.82) is 0 Å². The van der Waals surface area contributed by atoms with Crippen LogP contribution in [-0.2, 0) is 11.2 Å². The maximum absolute atomic E-state index is 13.9. The van der Waals surface area contributed by atoms with E-state index in [0.29, 0.717) is 44.1 Å². The molecular formula is C22H22FN3O3S. The Labute approximate surface area is 177 Å². The summed E-state index contributed by atoms with van der Waals surface area (Å²) in [6.07, 6.45) is 0.859. The lowest BCUT2D eigenvalue weighted by atomic mass is 10.2. The summed E-state index contributed by atoms with van der Waals surface area (Å²) in [5, 5.41) is 2.63. The number of aromatic nitrogens is 1. The topological polar surface area (TPSA) is 66.7 Å². The summed E-state index contributed by atoms with van der Waals surface area (Å²) >= 11 is 1.45. The highest BCUT2D eigenvalue weighted by Gasteiger charge is 2.24. The lowest BCUT2D eigenvalue weighted by Crippen LogP contribution is -2.38. The van der Waals surface area contributed by atoms with E-state index in [-0.39, 0.29) is 23.8 Å². The summed E-state index contributed by atoms with van der Waals surface area (Å²) in [5.41, 5.74) is 0.776. The Morgan fingerprint density at radius 1 is 1.10 bits per heavy atom. The first-order valence-electron chi connectivity index (χ1n) is 9.84. The maximum Gasteiger partial charge on any atom is 0.256 e. The number of furan rings is 1. The molecule has 3 aromatic rings. The Balaban J connectivity index is 1.36. The van der Waals surface area contributed by atoms with Gasteiger partial charge in [0.05, 0.1) is 17.7 Å². The van der Waals surface area contributed by atoms with Crippen molar-refractivity contribution in [3.05, 3.63) is 64.6 Å². The molecule has 4 rings (SSSR count). The zero-order chi connectivity index (χ0) is 21.1. The lowest BCUT2D eigenvalue weighted by molar-refractivity contribution is -0.130. The summed E-state index contributed by atoms with van der Waals surface area (Å²) in [4.78, 5) is 33.3. The lowest BCUT2D eigenvalue weighted by Gasteiger charge is -2.22. The molecule has 1 saturated heterocycles. The van der Waals surface area contributed by atoms with Gasteiger partial charge in [-0.05, 0) is 37.6 Å². The molecule has 30 heavy (non-hydrogen) atoms. The monoisotopic (exact) mass is 427 g/mol. The predicted octanol–water partition coefficient (Wildman–Crippen LogP) is 3.77. The van der Waals surface area contributed by atoms with Crippen LogP contribution in [0.2, 0.25) is 0 Å². The largest absolute Gasteiger partial charge is 0.459 e. The van der Waals surface area contributed by atoms with Crippen molar-refractivity contribution in [3.8, 4) is 10.8 Å². The van der Waals surface area contributed by atoms with Crippen molar-refractivity contribution >= 4 is 23.2 Å². The highest BCUT2D eigenvalue weighted by molar-refractivity contribution is 7.13. The Morgan fingerprint density at radius 2 is 1.87 bits per heavy atom. The fourth-order valence-electron chi connectivity index (χ4n) is 3.49. The SMILES string of the molecule is Cc1ccc(-c2nc(CC(=O)N3CCCN(C(=O)c4ccccc4F)CC3)cs2)o1. The van der Waals surface area contributed by atoms with E-state index in [9.17, 15) is 14.0 Å². The average Bonchev–Trinajstić information content (AvgIpc) is 3.29. The Hall–Kier alpha value is -3.00. The summed E-state index contributed by atoms with van der Waals surface area (Å²) in [7, 11) is 0. The third-order valence-corrected chi connectivity index (χ3v) is 5.98. The van der Waals surface area contributed by atoms with Crippen molar-refractivity contribution < 1.29 is 18.4 Å². The summed E-state index contributed by atoms with van der Waals surface area (Å²) in [6.45, 7) is 3.74. The van der Waals surface area contributed by atoms with Crippen LogP contribution >= 0.6 is 11.3 Å². The minimum atomic E-state index is -0.522. The van der Waals surface area contributed by atoms with E-state index in [1.807, 2.05) is 24.4 Å². The molecular weight excluding hydrogens is 405 g/mol. The zero-order valence-electron chi connectivity index (χ0n) is 16.6. The van der Waals surface area contributed by atoms with Crippen LogP contribution in [0.4, 0.5) is 4.39 Å². The highest BCUT2D eigenvalue weighted by atomic mass is 32.1. The number of halogens is 1. The third-order valence-electron chi connectivity index (χ3n) is 5.08. The molecule has 1 fully saturated rings. The number of carbonyl (C=O) groups is 2. The molecule has 6 nitrogen and oxygen atoms in total. The number of benzene rings is 1. The van der Waals surface area contributed by atoms with Gasteiger partial charge in [0.25, 0.3) is 5.91 Å². The summed E-state index contributed by atoms with van der Waals surface area (Å²) in [6, 6.07) is 9.74. The molecule has 2 amide bonds. The molecule has 0 saturated carbocycles. The molecule has 1 aliphatic heterocycles. The van der Waals surface area contributed by atoms with E-state index in [1.165, 1.54) is 23.5 Å². The number of carbonyl (C=O) groups excluding carboxylic acids is 2. The average molecular weight is 428 g/mol. The number of nitrogens with zero attached hydrogens (tertiary/aromatic N) is 3. The molecule has 8 heteroatoms. The second-order valence-corrected chi connectivity index (χ2v) is 8.10. The first kappa shape index (κ1) is 20.3. The molecule has 0 spiro atoms. The zero-order valence-corrected chi connectivity index (χ0v) is 17.5. The highest BCUT2D eigenvalue weighted by Crippen LogP contribution is 2.26. The minimum Gasteiger partial charge on any atom is -0.459 e. The first-order chi connectivity index (χ1) is 14.5. The molecule has 0 N–H and O–H groups in total. The normalized spacial score (nSPS) is 14.6. The van der Waals surface area contributed by atoms with E-state index >= 15 is 0 Å². The van der Waals surface area contributed by atoms with Gasteiger partial charge in [-0.1, -0.05) is 12.1 Å². The van der Waals surface area contributed by atoms with E-state index < -0.39 is 5.82 Å². The Morgan fingerprint density at radius 3 is 2.63 bits per heavy atom. The Kier molecular flexibility index (Phi) is 5.94. The second kappa shape index (κ2) is 8.79. The third kappa shape index (κ3) is 4.43. The molecule has 1 aromatic carbocycles. The van der Waals surface area contributed by atoms with Gasteiger partial charge in [-0.25, -0.2) is 9.37 Å². The van der Waals surface area contributed by atoms with Gasteiger partial charge >= 0.3 is 0 Å². The van der Waals surface area contributed by atoms with Gasteiger partial charge < -0.3 is 14.2 Å². The van der Waals surface area contributed by atoms with Gasteiger partial charge in [0.2, 0.25) is 5.91 Å². The standard InChI is InChI=1S/C22H22FN3O3S/c1-15-7-8-19(29-15)21-24-16(14-30-21)13-20(27)25-9-4-10-26(12-11-25)22(28)17-5-2-3-6-18(17)23/h2-3,5-8,14H,4,9-13H2,1H3. The van der Waals surface area contributed by atoms with E-state index in [1.54, 1.807) is 21.9 Å². The number of thiazole rings is 1. The van der Waals surface area contributed by atoms with Gasteiger partial charge in [0.1, 0.15) is 11.6 Å². The van der Waals surface area contributed by atoms with Crippen molar-refractivity contribution in [2.45, 2.75) is 19.8 Å². The summed E-state index contributed by atoms with van der Waals surface area (Å²) < 4.78 is 19.5. The fraction of sp³-hybridized carbons (Fsp3) is 0.318. The quantitative estimate of drug-likeness (QED) is 0.636. The van der Waals surface area contributed by atoms with Gasteiger partial charge in [0.15, 0.2) is 10.8 Å². The number of hydrogen-bond donors (Lipinski definition) is 0. The van der Waals surface area contributed by atoms with E-state index in [2.05, 4.69) is 4.98 Å². The van der Waals surface area contributed by atoms with Gasteiger partial charge in [0, 0.05) is 31.6 Å². The number of aryl methyl sites for hydroxylation is 1. The molecule has 1 aliphatic rings. The Bertz CT molecular complexity index is 1060. The van der Waals surface area contributed by atoms with Crippen LogP contribution in [0.5, 0.6) is 0 Å². The molecule has 0 radical (unpaired) electrons. The van der Waals surface area contributed by atoms with Crippen LogP contribution < -0.4 is 0 Å². The molecule has 3 heterocycles. The van der Waals surface area contributed by atoms with Crippen molar-refractivity contribution in [2.75, 3.05) is 26.2 Å². The molecule has 0 unspecified atom stereocenters. The van der Waals surface area contributed by atoms with Crippen LogP contribution in [0.15, 0.2) is 46.2 Å². The van der Waals surface area contributed by atoms with Crippen molar-refractivity contribution in [3.63, 3.8) is 0 Å². The van der Waals surface area contributed by atoms with Crippen LogP contribution in [0, 0.1) is 12.7 Å². The van der Waals surface area contributed by atoms with E-state index in [4.69, 9.17) is 4.42 Å². The van der Waals surface area contributed by atoms with Crippen molar-refractivity contribution in [2.24, 2.45) is 0 Å². The molecule has 156 valence electrons. The van der Waals surface area contributed by atoms with E-state index in [0.717, 1.165) is 10.8 Å². The fourth-order valence-corrected chi connectivity index (χ4v) is 4.27. The summed E-state index contributed by atoms with van der Waals surface area (Å²) in [5.74, 6) is 0.638. The van der Waals surface area contributed by atoms with Crippen LogP contribution in [-0.4, -0.2) is 52.8 Å². The minimum absolute atomic E-state index is 0.0253. The first-order valence-corrected chi connectivity index (χ1v) is 10.7. The van der Waals surface area contributed by atoms with Gasteiger partial charge in [-0.3, -0.25) is 9.59 Å². The molecule has 2 aromatic heterocycles. The van der Waals surface area contributed by atoms with Crippen molar-refractivity contribution in [1.82, 2.24) is 14.8 Å². The van der Waals surface area contributed by atoms with Crippen LogP contribution in [0.3, 0.4) is 0 Å².